The van der Waals surface area contributed by atoms with Gasteiger partial charge in [-0.05, 0) is 38.8 Å². The zero-order valence-electron chi connectivity index (χ0n) is 10.9. The molecule has 1 aliphatic carbocycles. The lowest BCUT2D eigenvalue weighted by molar-refractivity contribution is 0.230. The number of nitrogens with one attached hydrogen (secondary N) is 1. The van der Waals surface area contributed by atoms with Crippen molar-refractivity contribution in [2.45, 2.75) is 39.7 Å². The summed E-state index contributed by atoms with van der Waals surface area (Å²) in [6.45, 7) is 10.6. The van der Waals surface area contributed by atoms with Crippen LogP contribution in [0, 0.1) is 23.2 Å². The van der Waals surface area contributed by atoms with E-state index in [1.807, 2.05) is 6.92 Å². The fourth-order valence-electron chi connectivity index (χ4n) is 1.92. The summed E-state index contributed by atoms with van der Waals surface area (Å²) >= 11 is 0. The fraction of sp³-hybridized carbons (Fsp3) is 0.923. The van der Waals surface area contributed by atoms with E-state index in [1.54, 1.807) is 0 Å². The molecule has 0 heterocycles. The van der Waals surface area contributed by atoms with Crippen LogP contribution in [0.1, 0.15) is 33.6 Å². The van der Waals surface area contributed by atoms with Crippen molar-refractivity contribution >= 4 is 0 Å². The summed E-state index contributed by atoms with van der Waals surface area (Å²) in [7, 11) is 0. The van der Waals surface area contributed by atoms with E-state index in [1.165, 1.54) is 12.8 Å². The Bertz CT molecular complexity index is 230. The molecule has 0 aromatic rings. The average molecular weight is 223 g/mol. The van der Waals surface area contributed by atoms with Gasteiger partial charge in [0.1, 0.15) is 0 Å². The lowest BCUT2D eigenvalue weighted by Crippen LogP contribution is -2.36. The minimum Gasteiger partial charge on any atom is -0.314 e. The Hall–Kier alpha value is -0.590. The van der Waals surface area contributed by atoms with Crippen molar-refractivity contribution in [1.29, 1.82) is 5.26 Å². The van der Waals surface area contributed by atoms with Gasteiger partial charge in [0.2, 0.25) is 0 Å². The highest BCUT2D eigenvalue weighted by Gasteiger charge is 2.21. The fourth-order valence-corrected chi connectivity index (χ4v) is 1.92. The summed E-state index contributed by atoms with van der Waals surface area (Å²) in [4.78, 5) is 2.38. The van der Waals surface area contributed by atoms with Crippen LogP contribution in [0.4, 0.5) is 0 Å². The van der Waals surface area contributed by atoms with Crippen LogP contribution in [-0.4, -0.2) is 37.1 Å². The highest BCUT2D eigenvalue weighted by molar-refractivity contribution is 4.83. The van der Waals surface area contributed by atoms with Crippen LogP contribution < -0.4 is 5.32 Å². The monoisotopic (exact) mass is 223 g/mol. The van der Waals surface area contributed by atoms with E-state index in [4.69, 9.17) is 5.26 Å². The maximum atomic E-state index is 8.81. The summed E-state index contributed by atoms with van der Waals surface area (Å²) in [6.07, 6.45) is 2.71. The Balaban J connectivity index is 2.16. The van der Waals surface area contributed by atoms with E-state index in [9.17, 15) is 0 Å². The predicted molar refractivity (Wildman–Crippen MR) is 67.1 cm³/mol. The summed E-state index contributed by atoms with van der Waals surface area (Å²) in [5.74, 6) is 0.815. The molecule has 1 N–H and O–H groups in total. The van der Waals surface area contributed by atoms with Crippen molar-refractivity contribution in [2.75, 3.05) is 26.2 Å². The molecule has 0 aromatic carbocycles. The SMILES string of the molecule is CCN(CC(C)C#N)CC(C)CNC1CC1. The van der Waals surface area contributed by atoms with Gasteiger partial charge in [0.15, 0.2) is 0 Å². The first-order chi connectivity index (χ1) is 7.65. The minimum absolute atomic E-state index is 0.142. The third-order valence-corrected chi connectivity index (χ3v) is 3.10. The molecule has 1 fully saturated rings. The molecule has 0 radical (unpaired) electrons. The summed E-state index contributed by atoms with van der Waals surface area (Å²) in [5, 5.41) is 12.4. The average Bonchev–Trinajstić information content (AvgIpc) is 3.09. The normalized spacial score (nSPS) is 19.4. The number of nitrogens with zero attached hydrogens (tertiary/aromatic N) is 2. The topological polar surface area (TPSA) is 39.1 Å². The van der Waals surface area contributed by atoms with Gasteiger partial charge in [-0.3, -0.25) is 0 Å². The summed E-state index contributed by atoms with van der Waals surface area (Å²) in [6, 6.07) is 3.11. The smallest absolute Gasteiger partial charge is 0.0666 e. The second-order valence-electron chi connectivity index (χ2n) is 5.17. The third-order valence-electron chi connectivity index (χ3n) is 3.10. The second kappa shape index (κ2) is 6.88. The predicted octanol–water partition coefficient (Wildman–Crippen LogP) is 1.86. The molecule has 3 heteroatoms. The number of hydrogen-bond donors (Lipinski definition) is 1. The van der Waals surface area contributed by atoms with Crippen molar-refractivity contribution in [2.24, 2.45) is 11.8 Å². The molecular weight excluding hydrogens is 198 g/mol. The third kappa shape index (κ3) is 5.48. The second-order valence-corrected chi connectivity index (χ2v) is 5.17. The van der Waals surface area contributed by atoms with Gasteiger partial charge in [0.25, 0.3) is 0 Å². The molecule has 3 nitrogen and oxygen atoms in total. The zero-order chi connectivity index (χ0) is 12.0. The molecule has 1 saturated carbocycles. The first-order valence-corrected chi connectivity index (χ1v) is 6.51. The Kier molecular flexibility index (Phi) is 5.79. The molecule has 0 aromatic heterocycles. The molecule has 1 rings (SSSR count). The molecule has 0 amide bonds. The van der Waals surface area contributed by atoms with E-state index >= 15 is 0 Å². The van der Waals surface area contributed by atoms with Crippen LogP contribution in [0.5, 0.6) is 0 Å². The van der Waals surface area contributed by atoms with Crippen LogP contribution in [0.2, 0.25) is 0 Å². The van der Waals surface area contributed by atoms with E-state index < -0.39 is 0 Å². The maximum absolute atomic E-state index is 8.81. The van der Waals surface area contributed by atoms with Gasteiger partial charge in [-0.15, -0.1) is 0 Å². The number of nitriles is 1. The standard InChI is InChI=1S/C13H25N3/c1-4-16(9-11(2)7-14)10-12(3)8-15-13-5-6-13/h11-13,15H,4-6,8-10H2,1-3H3. The van der Waals surface area contributed by atoms with E-state index in [2.05, 4.69) is 30.1 Å². The van der Waals surface area contributed by atoms with Gasteiger partial charge in [-0.1, -0.05) is 13.8 Å². The van der Waals surface area contributed by atoms with Crippen molar-refractivity contribution in [1.82, 2.24) is 10.2 Å². The number of hydrogen-bond acceptors (Lipinski definition) is 3. The zero-order valence-corrected chi connectivity index (χ0v) is 10.9. The first kappa shape index (κ1) is 13.5. The van der Waals surface area contributed by atoms with Crippen molar-refractivity contribution in [3.63, 3.8) is 0 Å². The minimum atomic E-state index is 0.142. The van der Waals surface area contributed by atoms with Gasteiger partial charge >= 0.3 is 0 Å². The van der Waals surface area contributed by atoms with Gasteiger partial charge in [-0.2, -0.15) is 5.26 Å². The van der Waals surface area contributed by atoms with Gasteiger partial charge < -0.3 is 10.2 Å². The van der Waals surface area contributed by atoms with Crippen LogP contribution in [0.3, 0.4) is 0 Å². The highest BCUT2D eigenvalue weighted by atomic mass is 15.1. The molecule has 16 heavy (non-hydrogen) atoms. The first-order valence-electron chi connectivity index (χ1n) is 6.51. The summed E-state index contributed by atoms with van der Waals surface area (Å²) < 4.78 is 0. The van der Waals surface area contributed by atoms with Crippen molar-refractivity contribution < 1.29 is 0 Å². The Morgan fingerprint density at radius 2 is 2.06 bits per heavy atom. The van der Waals surface area contributed by atoms with Crippen LogP contribution in [0.25, 0.3) is 0 Å². The van der Waals surface area contributed by atoms with Gasteiger partial charge in [-0.25, -0.2) is 0 Å². The van der Waals surface area contributed by atoms with Crippen LogP contribution in [-0.2, 0) is 0 Å². The molecule has 0 saturated heterocycles. The molecule has 92 valence electrons. The van der Waals surface area contributed by atoms with Gasteiger partial charge in [0.05, 0.1) is 12.0 Å². The molecule has 1 aliphatic rings. The Labute approximate surface area is 99.8 Å². The molecule has 2 unspecified atom stereocenters. The van der Waals surface area contributed by atoms with Crippen LogP contribution >= 0.6 is 0 Å². The van der Waals surface area contributed by atoms with Gasteiger partial charge in [0, 0.05) is 19.1 Å². The maximum Gasteiger partial charge on any atom is 0.0666 e. The lowest BCUT2D eigenvalue weighted by Gasteiger charge is -2.25. The number of rotatable bonds is 8. The molecule has 0 spiro atoms. The summed E-state index contributed by atoms with van der Waals surface area (Å²) in [5.41, 5.74) is 0. The lowest BCUT2D eigenvalue weighted by atomic mass is 10.1. The Morgan fingerprint density at radius 1 is 1.38 bits per heavy atom. The van der Waals surface area contributed by atoms with Crippen molar-refractivity contribution in [3.8, 4) is 6.07 Å². The molecule has 0 aliphatic heterocycles. The molecular formula is C13H25N3. The van der Waals surface area contributed by atoms with Crippen LogP contribution in [0.15, 0.2) is 0 Å². The van der Waals surface area contributed by atoms with Crippen molar-refractivity contribution in [3.05, 3.63) is 0 Å². The molecule has 0 bridgehead atoms. The van der Waals surface area contributed by atoms with E-state index in [0.717, 1.165) is 32.2 Å². The highest BCUT2D eigenvalue weighted by Crippen LogP contribution is 2.18. The van der Waals surface area contributed by atoms with E-state index in [-0.39, 0.29) is 5.92 Å². The molecule has 2 atom stereocenters. The van der Waals surface area contributed by atoms with E-state index in [0.29, 0.717) is 5.92 Å². The quantitative estimate of drug-likeness (QED) is 0.682. The largest absolute Gasteiger partial charge is 0.314 e. The Morgan fingerprint density at radius 3 is 2.56 bits per heavy atom.